The van der Waals surface area contributed by atoms with E-state index in [4.69, 9.17) is 4.52 Å². The van der Waals surface area contributed by atoms with Gasteiger partial charge >= 0.3 is 0 Å². The largest absolute Gasteiger partial charge is 0.352 e. The fraction of sp³-hybridized carbons (Fsp3) is 0.100. The van der Waals surface area contributed by atoms with E-state index in [0.29, 0.717) is 35.8 Å². The molecule has 2 N–H and O–H groups in total. The minimum absolute atomic E-state index is 0.190. The highest BCUT2D eigenvalue weighted by Gasteiger charge is 2.17. The molecule has 2 aromatic heterocycles. The quantitative estimate of drug-likeness (QED) is 0.551. The maximum atomic E-state index is 12.6. The Labute approximate surface area is 155 Å². The van der Waals surface area contributed by atoms with E-state index in [-0.39, 0.29) is 5.91 Å². The number of carbonyl (C=O) groups excluding carboxylic acids is 1. The van der Waals surface area contributed by atoms with Crippen molar-refractivity contribution in [2.24, 2.45) is 0 Å². The number of hydrogen-bond acceptors (Lipinski definition) is 5. The first-order chi connectivity index (χ1) is 13.3. The predicted molar refractivity (Wildman–Crippen MR) is 99.8 cm³/mol. The van der Waals surface area contributed by atoms with Gasteiger partial charge in [0.25, 0.3) is 11.8 Å². The van der Waals surface area contributed by atoms with Crippen LogP contribution in [0.25, 0.3) is 22.8 Å². The van der Waals surface area contributed by atoms with E-state index >= 15 is 0 Å². The van der Waals surface area contributed by atoms with Crippen LogP contribution in [0.15, 0.2) is 71.6 Å². The molecule has 0 radical (unpaired) electrons. The lowest BCUT2D eigenvalue weighted by Gasteiger charge is -2.07. The van der Waals surface area contributed by atoms with Gasteiger partial charge in [-0.15, -0.1) is 0 Å². The van der Waals surface area contributed by atoms with Crippen LogP contribution >= 0.6 is 0 Å². The van der Waals surface area contributed by atoms with Gasteiger partial charge in [0.05, 0.1) is 17.5 Å². The number of aromatic nitrogens is 4. The van der Waals surface area contributed by atoms with Crippen LogP contribution < -0.4 is 5.32 Å². The highest BCUT2D eigenvalue weighted by Crippen LogP contribution is 2.25. The molecule has 0 aliphatic heterocycles. The molecule has 4 rings (SSSR count). The molecule has 27 heavy (non-hydrogen) atoms. The van der Waals surface area contributed by atoms with Crippen molar-refractivity contribution in [3.05, 3.63) is 78.4 Å². The average Bonchev–Trinajstić information content (AvgIpc) is 3.41. The third kappa shape index (κ3) is 3.77. The van der Waals surface area contributed by atoms with Gasteiger partial charge in [0, 0.05) is 30.4 Å². The third-order valence-corrected chi connectivity index (χ3v) is 4.09. The van der Waals surface area contributed by atoms with Gasteiger partial charge in [0.2, 0.25) is 5.82 Å². The Morgan fingerprint density at radius 1 is 1.07 bits per heavy atom. The minimum atomic E-state index is -0.190. The van der Waals surface area contributed by atoms with Gasteiger partial charge in [-0.2, -0.15) is 4.98 Å². The molecule has 0 saturated carbocycles. The molecule has 0 unspecified atom stereocenters. The summed E-state index contributed by atoms with van der Waals surface area (Å²) in [7, 11) is 0. The van der Waals surface area contributed by atoms with Crippen molar-refractivity contribution in [2.75, 3.05) is 6.54 Å². The second kappa shape index (κ2) is 7.65. The molecule has 2 aromatic carbocycles. The molecule has 134 valence electrons. The molecule has 0 atom stereocenters. The summed E-state index contributed by atoms with van der Waals surface area (Å²) < 4.78 is 5.40. The molecule has 4 aromatic rings. The summed E-state index contributed by atoms with van der Waals surface area (Å²) in [4.78, 5) is 24.0. The zero-order chi connectivity index (χ0) is 18.5. The zero-order valence-corrected chi connectivity index (χ0v) is 14.4. The normalized spacial score (nSPS) is 10.7. The molecular weight excluding hydrogens is 342 g/mol. The standard InChI is InChI=1S/C20H17N5O2/c26-19(22-11-10-15-12-21-13-23-15)16-8-4-5-9-17(16)20-24-18(25-27-20)14-6-2-1-3-7-14/h1-9,12-13H,10-11H2,(H,21,23)(H,22,26). The summed E-state index contributed by atoms with van der Waals surface area (Å²) in [5.41, 5.74) is 2.92. The van der Waals surface area contributed by atoms with Crippen molar-refractivity contribution in [1.29, 1.82) is 0 Å². The number of amides is 1. The number of hydrogen-bond donors (Lipinski definition) is 2. The lowest BCUT2D eigenvalue weighted by Crippen LogP contribution is -2.26. The van der Waals surface area contributed by atoms with Crippen molar-refractivity contribution in [3.8, 4) is 22.8 Å². The van der Waals surface area contributed by atoms with Crippen molar-refractivity contribution in [3.63, 3.8) is 0 Å². The van der Waals surface area contributed by atoms with Crippen molar-refractivity contribution >= 4 is 5.91 Å². The van der Waals surface area contributed by atoms with Crippen LogP contribution in [0.4, 0.5) is 0 Å². The van der Waals surface area contributed by atoms with Crippen molar-refractivity contribution in [1.82, 2.24) is 25.4 Å². The fourth-order valence-corrected chi connectivity index (χ4v) is 2.73. The fourth-order valence-electron chi connectivity index (χ4n) is 2.73. The Kier molecular flexibility index (Phi) is 4.74. The van der Waals surface area contributed by atoms with E-state index in [9.17, 15) is 4.79 Å². The number of aromatic amines is 1. The first-order valence-electron chi connectivity index (χ1n) is 8.55. The Hall–Kier alpha value is -3.74. The maximum Gasteiger partial charge on any atom is 0.259 e. The molecular formula is C20H17N5O2. The summed E-state index contributed by atoms with van der Waals surface area (Å²) in [5, 5.41) is 6.94. The summed E-state index contributed by atoms with van der Waals surface area (Å²) in [5.74, 6) is 0.609. The van der Waals surface area contributed by atoms with Crippen LogP contribution in [0.3, 0.4) is 0 Å². The molecule has 7 nitrogen and oxygen atoms in total. The second-order valence-electron chi connectivity index (χ2n) is 5.92. The Morgan fingerprint density at radius 2 is 1.89 bits per heavy atom. The predicted octanol–water partition coefficient (Wildman–Crippen LogP) is 3.10. The first kappa shape index (κ1) is 16.7. The van der Waals surface area contributed by atoms with Crippen LogP contribution in [-0.2, 0) is 6.42 Å². The Bertz CT molecular complexity index is 1030. The number of carbonyl (C=O) groups is 1. The average molecular weight is 359 g/mol. The molecule has 7 heteroatoms. The highest BCUT2D eigenvalue weighted by atomic mass is 16.5. The number of nitrogens with one attached hydrogen (secondary N) is 2. The van der Waals surface area contributed by atoms with Crippen LogP contribution in [0, 0.1) is 0 Å². The number of nitrogens with zero attached hydrogens (tertiary/aromatic N) is 3. The van der Waals surface area contributed by atoms with E-state index in [2.05, 4.69) is 25.4 Å². The molecule has 0 aliphatic carbocycles. The number of rotatable bonds is 6. The monoisotopic (exact) mass is 359 g/mol. The van der Waals surface area contributed by atoms with E-state index in [1.165, 1.54) is 0 Å². The molecule has 1 amide bonds. The first-order valence-corrected chi connectivity index (χ1v) is 8.55. The van der Waals surface area contributed by atoms with Gasteiger partial charge in [0.15, 0.2) is 0 Å². The summed E-state index contributed by atoms with van der Waals surface area (Å²) in [6, 6.07) is 16.7. The molecule has 2 heterocycles. The van der Waals surface area contributed by atoms with Crippen LogP contribution in [0.2, 0.25) is 0 Å². The van der Waals surface area contributed by atoms with E-state index in [0.717, 1.165) is 11.3 Å². The van der Waals surface area contributed by atoms with Crippen LogP contribution in [0.5, 0.6) is 0 Å². The van der Waals surface area contributed by atoms with Crippen molar-refractivity contribution in [2.45, 2.75) is 6.42 Å². The lowest BCUT2D eigenvalue weighted by molar-refractivity contribution is 0.0954. The molecule has 0 aliphatic rings. The summed E-state index contributed by atoms with van der Waals surface area (Å²) >= 11 is 0. The molecule has 0 spiro atoms. The SMILES string of the molecule is O=C(NCCc1cnc[nH]1)c1ccccc1-c1nc(-c2ccccc2)no1. The van der Waals surface area contributed by atoms with Crippen molar-refractivity contribution < 1.29 is 9.32 Å². The van der Waals surface area contributed by atoms with Gasteiger partial charge in [-0.3, -0.25) is 4.79 Å². The maximum absolute atomic E-state index is 12.6. The van der Waals surface area contributed by atoms with E-state index < -0.39 is 0 Å². The van der Waals surface area contributed by atoms with Gasteiger partial charge in [0.1, 0.15) is 0 Å². The van der Waals surface area contributed by atoms with Gasteiger partial charge in [-0.1, -0.05) is 47.6 Å². The van der Waals surface area contributed by atoms with Gasteiger partial charge in [-0.05, 0) is 12.1 Å². The highest BCUT2D eigenvalue weighted by molar-refractivity contribution is 6.00. The van der Waals surface area contributed by atoms with Gasteiger partial charge < -0.3 is 14.8 Å². The van der Waals surface area contributed by atoms with Crippen LogP contribution in [0.1, 0.15) is 16.1 Å². The summed E-state index contributed by atoms with van der Waals surface area (Å²) in [6.07, 6.45) is 4.03. The van der Waals surface area contributed by atoms with Crippen LogP contribution in [-0.4, -0.2) is 32.6 Å². The molecule has 0 fully saturated rings. The number of H-pyrrole nitrogens is 1. The number of imidazole rings is 1. The Morgan fingerprint density at radius 3 is 2.70 bits per heavy atom. The Balaban J connectivity index is 1.52. The molecule has 0 saturated heterocycles. The minimum Gasteiger partial charge on any atom is -0.352 e. The van der Waals surface area contributed by atoms with E-state index in [1.807, 2.05) is 42.5 Å². The zero-order valence-electron chi connectivity index (χ0n) is 14.4. The lowest BCUT2D eigenvalue weighted by atomic mass is 10.1. The van der Waals surface area contributed by atoms with E-state index in [1.54, 1.807) is 24.7 Å². The smallest absolute Gasteiger partial charge is 0.259 e. The van der Waals surface area contributed by atoms with Gasteiger partial charge in [-0.25, -0.2) is 4.98 Å². The second-order valence-corrected chi connectivity index (χ2v) is 5.92. The third-order valence-electron chi connectivity index (χ3n) is 4.09. The number of benzene rings is 2. The molecule has 0 bridgehead atoms. The summed E-state index contributed by atoms with van der Waals surface area (Å²) in [6.45, 7) is 0.495. The topological polar surface area (TPSA) is 96.7 Å².